The Balaban J connectivity index is 1.80. The number of aryl methyl sites for hydroxylation is 1. The molecular formula is C11H12N2O2S. The van der Waals surface area contributed by atoms with E-state index in [9.17, 15) is 4.79 Å². The zero-order chi connectivity index (χ0) is 11.4. The number of carbonyl (C=O) groups is 1. The molecule has 1 N–H and O–H groups in total. The molecule has 0 unspecified atom stereocenters. The molecule has 2 aromatic heterocycles. The van der Waals surface area contributed by atoms with Gasteiger partial charge in [-0.2, -0.15) is 0 Å². The maximum absolute atomic E-state index is 11.5. The van der Waals surface area contributed by atoms with E-state index in [1.165, 1.54) is 0 Å². The van der Waals surface area contributed by atoms with Crippen molar-refractivity contribution in [3.63, 3.8) is 0 Å². The van der Waals surface area contributed by atoms with Crippen LogP contribution >= 0.6 is 11.3 Å². The Morgan fingerprint density at radius 2 is 2.50 bits per heavy atom. The smallest absolute Gasteiger partial charge is 0.227 e. The van der Waals surface area contributed by atoms with Gasteiger partial charge in [-0.15, -0.1) is 11.3 Å². The first-order valence-corrected chi connectivity index (χ1v) is 5.76. The second-order valence-electron chi connectivity index (χ2n) is 3.40. The Kier molecular flexibility index (Phi) is 3.36. The first-order valence-electron chi connectivity index (χ1n) is 4.94. The first kappa shape index (κ1) is 10.9. The molecule has 0 saturated heterocycles. The van der Waals surface area contributed by atoms with Crippen molar-refractivity contribution < 1.29 is 9.21 Å². The lowest BCUT2D eigenvalue weighted by Gasteiger charge is -2.00. The van der Waals surface area contributed by atoms with Crippen LogP contribution in [0.3, 0.4) is 0 Å². The van der Waals surface area contributed by atoms with Crippen molar-refractivity contribution in [1.82, 2.24) is 10.3 Å². The highest BCUT2D eigenvalue weighted by atomic mass is 32.1. The van der Waals surface area contributed by atoms with Crippen LogP contribution in [0.1, 0.15) is 15.6 Å². The molecule has 0 fully saturated rings. The molecule has 16 heavy (non-hydrogen) atoms. The molecule has 0 saturated carbocycles. The Labute approximate surface area is 97.3 Å². The topological polar surface area (TPSA) is 55.1 Å². The standard InChI is InChI=1S/C11H12N2O2S/c1-8-6-13-11(16-8)7-12-10(14)5-9-3-2-4-15-9/h2-4,6H,5,7H2,1H3,(H,12,14). The van der Waals surface area contributed by atoms with Crippen molar-refractivity contribution in [3.8, 4) is 0 Å². The number of amides is 1. The molecule has 0 bridgehead atoms. The van der Waals surface area contributed by atoms with Crippen LogP contribution in [-0.4, -0.2) is 10.9 Å². The van der Waals surface area contributed by atoms with E-state index in [1.54, 1.807) is 35.9 Å². The molecule has 84 valence electrons. The zero-order valence-electron chi connectivity index (χ0n) is 8.90. The van der Waals surface area contributed by atoms with Crippen LogP contribution < -0.4 is 5.32 Å². The van der Waals surface area contributed by atoms with Crippen LogP contribution in [-0.2, 0) is 17.8 Å². The molecule has 0 aliphatic rings. The Bertz CT molecular complexity index is 462. The van der Waals surface area contributed by atoms with Gasteiger partial charge >= 0.3 is 0 Å². The summed E-state index contributed by atoms with van der Waals surface area (Å²) in [5.74, 6) is 0.621. The minimum Gasteiger partial charge on any atom is -0.469 e. The van der Waals surface area contributed by atoms with E-state index in [4.69, 9.17) is 4.42 Å². The normalized spacial score (nSPS) is 10.3. The van der Waals surface area contributed by atoms with E-state index in [0.29, 0.717) is 12.3 Å². The van der Waals surface area contributed by atoms with Gasteiger partial charge in [0.05, 0.1) is 19.2 Å². The summed E-state index contributed by atoms with van der Waals surface area (Å²) in [7, 11) is 0. The second kappa shape index (κ2) is 4.94. The lowest BCUT2D eigenvalue weighted by molar-refractivity contribution is -0.120. The third-order valence-corrected chi connectivity index (χ3v) is 2.93. The maximum atomic E-state index is 11.5. The van der Waals surface area contributed by atoms with Crippen LogP contribution in [0.15, 0.2) is 29.0 Å². The molecule has 0 aliphatic carbocycles. The SMILES string of the molecule is Cc1cnc(CNC(=O)Cc2ccco2)s1. The van der Waals surface area contributed by atoms with Gasteiger partial charge in [-0.05, 0) is 19.1 Å². The number of nitrogens with one attached hydrogen (secondary N) is 1. The number of rotatable bonds is 4. The quantitative estimate of drug-likeness (QED) is 0.882. The summed E-state index contributed by atoms with van der Waals surface area (Å²) in [4.78, 5) is 16.8. The van der Waals surface area contributed by atoms with Gasteiger partial charge < -0.3 is 9.73 Å². The summed E-state index contributed by atoms with van der Waals surface area (Å²) in [6.45, 7) is 2.48. The Morgan fingerprint density at radius 1 is 1.62 bits per heavy atom. The fourth-order valence-electron chi connectivity index (χ4n) is 1.29. The third-order valence-electron chi connectivity index (χ3n) is 2.02. The predicted molar refractivity (Wildman–Crippen MR) is 61.1 cm³/mol. The highest BCUT2D eigenvalue weighted by Gasteiger charge is 2.06. The molecule has 2 aromatic rings. The number of carbonyl (C=O) groups excluding carboxylic acids is 1. The van der Waals surface area contributed by atoms with Crippen molar-refractivity contribution in [3.05, 3.63) is 40.2 Å². The van der Waals surface area contributed by atoms with Crippen LogP contribution in [0, 0.1) is 6.92 Å². The van der Waals surface area contributed by atoms with Crippen molar-refractivity contribution in [2.24, 2.45) is 0 Å². The van der Waals surface area contributed by atoms with Crippen molar-refractivity contribution in [1.29, 1.82) is 0 Å². The molecule has 0 aliphatic heterocycles. The van der Waals surface area contributed by atoms with Gasteiger partial charge in [0.1, 0.15) is 10.8 Å². The van der Waals surface area contributed by atoms with Crippen LogP contribution in [0.25, 0.3) is 0 Å². The summed E-state index contributed by atoms with van der Waals surface area (Å²) >= 11 is 1.59. The van der Waals surface area contributed by atoms with Crippen molar-refractivity contribution in [2.45, 2.75) is 19.9 Å². The van der Waals surface area contributed by atoms with Crippen LogP contribution in [0.2, 0.25) is 0 Å². The molecule has 1 amide bonds. The summed E-state index contributed by atoms with van der Waals surface area (Å²) in [6.07, 6.45) is 3.64. The third kappa shape index (κ3) is 2.93. The van der Waals surface area contributed by atoms with Gasteiger partial charge in [-0.3, -0.25) is 4.79 Å². The Hall–Kier alpha value is -1.62. The summed E-state index contributed by atoms with van der Waals surface area (Å²) in [5.41, 5.74) is 0. The van der Waals surface area contributed by atoms with Gasteiger partial charge in [0.2, 0.25) is 5.91 Å². The molecule has 0 spiro atoms. The minimum absolute atomic E-state index is 0.0530. The Morgan fingerprint density at radius 3 is 3.12 bits per heavy atom. The molecule has 4 nitrogen and oxygen atoms in total. The lowest BCUT2D eigenvalue weighted by Crippen LogP contribution is -2.24. The van der Waals surface area contributed by atoms with Crippen LogP contribution in [0.4, 0.5) is 0 Å². The zero-order valence-corrected chi connectivity index (χ0v) is 9.71. The maximum Gasteiger partial charge on any atom is 0.227 e. The van der Waals surface area contributed by atoms with Crippen LogP contribution in [0.5, 0.6) is 0 Å². The number of hydrogen-bond donors (Lipinski definition) is 1. The minimum atomic E-state index is -0.0530. The van der Waals surface area contributed by atoms with E-state index in [0.717, 1.165) is 9.88 Å². The highest BCUT2D eigenvalue weighted by molar-refractivity contribution is 7.11. The molecule has 0 aromatic carbocycles. The van der Waals surface area contributed by atoms with E-state index < -0.39 is 0 Å². The van der Waals surface area contributed by atoms with E-state index >= 15 is 0 Å². The van der Waals surface area contributed by atoms with Gasteiger partial charge in [0.25, 0.3) is 0 Å². The largest absolute Gasteiger partial charge is 0.469 e. The molecule has 5 heteroatoms. The summed E-state index contributed by atoms with van der Waals surface area (Å²) in [6, 6.07) is 3.56. The van der Waals surface area contributed by atoms with E-state index in [2.05, 4.69) is 10.3 Å². The lowest BCUT2D eigenvalue weighted by atomic mass is 10.3. The second-order valence-corrected chi connectivity index (χ2v) is 4.72. The molecule has 2 rings (SSSR count). The molecular weight excluding hydrogens is 224 g/mol. The fraction of sp³-hybridized carbons (Fsp3) is 0.273. The fourth-order valence-corrected chi connectivity index (χ4v) is 2.02. The molecule has 0 radical (unpaired) electrons. The monoisotopic (exact) mass is 236 g/mol. The number of thiazole rings is 1. The summed E-state index contributed by atoms with van der Waals surface area (Å²) < 4.78 is 5.09. The average Bonchev–Trinajstić information content (AvgIpc) is 2.87. The van der Waals surface area contributed by atoms with Gasteiger partial charge in [-0.25, -0.2) is 4.98 Å². The first-order chi connectivity index (χ1) is 7.74. The van der Waals surface area contributed by atoms with Gasteiger partial charge in [0.15, 0.2) is 0 Å². The van der Waals surface area contributed by atoms with E-state index in [-0.39, 0.29) is 12.3 Å². The molecule has 2 heterocycles. The summed E-state index contributed by atoms with van der Waals surface area (Å²) in [5, 5.41) is 3.72. The number of aromatic nitrogens is 1. The number of nitrogens with zero attached hydrogens (tertiary/aromatic N) is 1. The molecule has 0 atom stereocenters. The number of furan rings is 1. The van der Waals surface area contributed by atoms with Gasteiger partial charge in [0, 0.05) is 11.1 Å². The average molecular weight is 236 g/mol. The van der Waals surface area contributed by atoms with E-state index in [1.807, 2.05) is 6.92 Å². The highest BCUT2D eigenvalue weighted by Crippen LogP contribution is 2.10. The van der Waals surface area contributed by atoms with Crippen molar-refractivity contribution >= 4 is 17.2 Å². The van der Waals surface area contributed by atoms with Crippen molar-refractivity contribution in [2.75, 3.05) is 0 Å². The number of hydrogen-bond acceptors (Lipinski definition) is 4. The van der Waals surface area contributed by atoms with Gasteiger partial charge in [-0.1, -0.05) is 0 Å². The predicted octanol–water partition coefficient (Wildman–Crippen LogP) is 1.90.